The predicted molar refractivity (Wildman–Crippen MR) is 71.8 cm³/mol. The highest BCUT2D eigenvalue weighted by atomic mass is 79.9. The predicted octanol–water partition coefficient (Wildman–Crippen LogP) is 1.78. The van der Waals surface area contributed by atoms with E-state index in [0.717, 1.165) is 11.0 Å². The van der Waals surface area contributed by atoms with Gasteiger partial charge in [-0.3, -0.25) is 0 Å². The zero-order chi connectivity index (χ0) is 15.7. The van der Waals surface area contributed by atoms with Gasteiger partial charge in [0, 0.05) is 23.5 Å². The number of nitrogens with one attached hydrogen (secondary N) is 1. The summed E-state index contributed by atoms with van der Waals surface area (Å²) in [5, 5.41) is 20.6. The molecule has 1 saturated heterocycles. The fourth-order valence-electron chi connectivity index (χ4n) is 2.11. The van der Waals surface area contributed by atoms with Crippen molar-refractivity contribution in [3.8, 4) is 0 Å². The fourth-order valence-corrected chi connectivity index (χ4v) is 2.62. The molecule has 2 rings (SSSR count). The molecule has 114 valence electrons. The van der Waals surface area contributed by atoms with Crippen molar-refractivity contribution in [2.45, 2.75) is 18.6 Å². The minimum atomic E-state index is -1.26. The topological polar surface area (TPSA) is 89.9 Å². The van der Waals surface area contributed by atoms with Crippen molar-refractivity contribution < 1.29 is 28.6 Å². The molecule has 6 nitrogen and oxygen atoms in total. The molecule has 1 fully saturated rings. The molecule has 2 amide bonds. The van der Waals surface area contributed by atoms with Crippen molar-refractivity contribution in [1.82, 2.24) is 4.90 Å². The van der Waals surface area contributed by atoms with Gasteiger partial charge >= 0.3 is 12.0 Å². The molecule has 0 aromatic heterocycles. The number of hydrogen-bond acceptors (Lipinski definition) is 3. The normalized spacial score (nSPS) is 21.4. The van der Waals surface area contributed by atoms with Crippen LogP contribution >= 0.6 is 15.9 Å². The number of rotatable bonds is 2. The Labute approximate surface area is 126 Å². The third-order valence-electron chi connectivity index (χ3n) is 3.06. The van der Waals surface area contributed by atoms with Crippen LogP contribution in [0, 0.1) is 11.6 Å². The van der Waals surface area contributed by atoms with Crippen molar-refractivity contribution >= 4 is 33.6 Å². The molecule has 0 aliphatic carbocycles. The molecule has 1 aromatic rings. The minimum absolute atomic E-state index is 0.0139. The van der Waals surface area contributed by atoms with Gasteiger partial charge in [-0.25, -0.2) is 18.4 Å². The van der Waals surface area contributed by atoms with Gasteiger partial charge in [0.25, 0.3) is 0 Å². The second-order valence-corrected chi connectivity index (χ2v) is 5.42. The smallest absolute Gasteiger partial charge is 0.326 e. The number of anilines is 1. The molecule has 1 heterocycles. The average Bonchev–Trinajstić information content (AvgIpc) is 2.76. The minimum Gasteiger partial charge on any atom is -0.480 e. The molecule has 9 heteroatoms. The summed E-state index contributed by atoms with van der Waals surface area (Å²) in [6, 6.07) is -0.521. The van der Waals surface area contributed by atoms with E-state index in [9.17, 15) is 23.5 Å². The van der Waals surface area contributed by atoms with E-state index >= 15 is 0 Å². The zero-order valence-corrected chi connectivity index (χ0v) is 12.1. The molecule has 0 saturated carbocycles. The molecule has 0 bridgehead atoms. The molecule has 1 aromatic carbocycles. The molecule has 1 aliphatic rings. The molecule has 21 heavy (non-hydrogen) atoms. The molecule has 0 radical (unpaired) electrons. The molecular weight excluding hydrogens is 354 g/mol. The quantitative estimate of drug-likeness (QED) is 0.746. The lowest BCUT2D eigenvalue weighted by molar-refractivity contribution is -0.141. The van der Waals surface area contributed by atoms with E-state index in [1.165, 1.54) is 0 Å². The summed E-state index contributed by atoms with van der Waals surface area (Å²) in [5.41, 5.74) is -0.299. The lowest BCUT2D eigenvalue weighted by Crippen LogP contribution is -2.43. The number of nitrogens with zero attached hydrogens (tertiary/aromatic N) is 1. The van der Waals surface area contributed by atoms with Gasteiger partial charge in [0.2, 0.25) is 0 Å². The number of aliphatic carboxylic acids is 1. The van der Waals surface area contributed by atoms with Crippen LogP contribution in [0.3, 0.4) is 0 Å². The number of aliphatic hydroxyl groups excluding tert-OH is 1. The molecule has 2 atom stereocenters. The lowest BCUT2D eigenvalue weighted by Gasteiger charge is -2.22. The number of urea groups is 1. The van der Waals surface area contributed by atoms with Gasteiger partial charge in [-0.2, -0.15) is 0 Å². The SMILES string of the molecule is O=C(O)[C@@H]1CC(O)CN1C(=O)Nc1c(F)cc(F)cc1Br. The summed E-state index contributed by atoms with van der Waals surface area (Å²) in [4.78, 5) is 23.9. The Balaban J connectivity index is 2.20. The van der Waals surface area contributed by atoms with Crippen LogP contribution in [0.15, 0.2) is 16.6 Å². The number of amides is 2. The van der Waals surface area contributed by atoms with Gasteiger partial charge < -0.3 is 20.4 Å². The second kappa shape index (κ2) is 5.94. The van der Waals surface area contributed by atoms with Gasteiger partial charge in [-0.15, -0.1) is 0 Å². The Morgan fingerprint density at radius 1 is 1.38 bits per heavy atom. The van der Waals surface area contributed by atoms with Crippen molar-refractivity contribution in [2.75, 3.05) is 11.9 Å². The van der Waals surface area contributed by atoms with Crippen molar-refractivity contribution in [3.05, 3.63) is 28.2 Å². The summed E-state index contributed by atoms with van der Waals surface area (Å²) in [5.74, 6) is -3.08. The maximum atomic E-state index is 13.6. The Kier molecular flexibility index (Phi) is 4.43. The number of carbonyl (C=O) groups excluding carboxylic acids is 1. The van der Waals surface area contributed by atoms with Crippen LogP contribution in [0.5, 0.6) is 0 Å². The van der Waals surface area contributed by atoms with E-state index in [1.807, 2.05) is 0 Å². The fraction of sp³-hybridized carbons (Fsp3) is 0.333. The van der Waals surface area contributed by atoms with Crippen LogP contribution in [0.4, 0.5) is 19.3 Å². The number of halogens is 3. The second-order valence-electron chi connectivity index (χ2n) is 4.57. The summed E-state index contributed by atoms with van der Waals surface area (Å²) in [6.07, 6.45) is -1.06. The number of carbonyl (C=O) groups is 2. The zero-order valence-electron chi connectivity index (χ0n) is 10.5. The van der Waals surface area contributed by atoms with E-state index in [1.54, 1.807) is 0 Å². The highest BCUT2D eigenvalue weighted by Crippen LogP contribution is 2.28. The van der Waals surface area contributed by atoms with E-state index in [2.05, 4.69) is 21.2 Å². The summed E-state index contributed by atoms with van der Waals surface area (Å²) >= 11 is 2.91. The first-order valence-corrected chi connectivity index (χ1v) is 6.72. The Bertz CT molecular complexity index is 576. The average molecular weight is 365 g/mol. The van der Waals surface area contributed by atoms with Gasteiger partial charge in [0.05, 0.1) is 11.8 Å². The number of β-amino-alcohol motifs (C(OH)–C–C–N with tert-alkyl or cyclic N) is 1. The highest BCUT2D eigenvalue weighted by Gasteiger charge is 2.39. The van der Waals surface area contributed by atoms with Gasteiger partial charge in [0.1, 0.15) is 11.9 Å². The van der Waals surface area contributed by atoms with Crippen LogP contribution < -0.4 is 5.32 Å². The van der Waals surface area contributed by atoms with Crippen molar-refractivity contribution in [1.29, 1.82) is 0 Å². The first-order chi connectivity index (χ1) is 9.79. The van der Waals surface area contributed by atoms with Crippen LogP contribution in [0.2, 0.25) is 0 Å². The molecule has 3 N–H and O–H groups in total. The number of hydrogen-bond donors (Lipinski definition) is 3. The molecule has 1 unspecified atom stereocenters. The van der Waals surface area contributed by atoms with E-state index in [4.69, 9.17) is 5.11 Å². The van der Waals surface area contributed by atoms with E-state index in [0.29, 0.717) is 6.07 Å². The maximum Gasteiger partial charge on any atom is 0.326 e. The number of carboxylic acids is 1. The lowest BCUT2D eigenvalue weighted by atomic mass is 10.2. The van der Waals surface area contributed by atoms with Crippen LogP contribution in [-0.2, 0) is 4.79 Å². The number of benzene rings is 1. The van der Waals surface area contributed by atoms with E-state index < -0.39 is 35.8 Å². The highest BCUT2D eigenvalue weighted by molar-refractivity contribution is 9.10. The van der Waals surface area contributed by atoms with Crippen LogP contribution in [-0.4, -0.2) is 45.8 Å². The monoisotopic (exact) mass is 364 g/mol. The number of likely N-dealkylation sites (tertiary alicyclic amines) is 1. The maximum absolute atomic E-state index is 13.6. The number of aliphatic hydroxyl groups is 1. The van der Waals surface area contributed by atoms with Crippen LogP contribution in [0.25, 0.3) is 0 Å². The number of carboxylic acid groups (broad SMARTS) is 1. The molecule has 0 spiro atoms. The third-order valence-corrected chi connectivity index (χ3v) is 3.69. The first-order valence-electron chi connectivity index (χ1n) is 5.92. The van der Waals surface area contributed by atoms with Crippen molar-refractivity contribution in [2.24, 2.45) is 0 Å². The third kappa shape index (κ3) is 3.30. The summed E-state index contributed by atoms with van der Waals surface area (Å²) in [7, 11) is 0. The van der Waals surface area contributed by atoms with Crippen molar-refractivity contribution in [3.63, 3.8) is 0 Å². The Hall–Kier alpha value is -1.74. The summed E-state index contributed by atoms with van der Waals surface area (Å²) < 4.78 is 26.6. The summed E-state index contributed by atoms with van der Waals surface area (Å²) in [6.45, 7) is -0.177. The van der Waals surface area contributed by atoms with Crippen LogP contribution in [0.1, 0.15) is 6.42 Å². The van der Waals surface area contributed by atoms with Gasteiger partial charge in [0.15, 0.2) is 5.82 Å². The Morgan fingerprint density at radius 3 is 2.62 bits per heavy atom. The molecular formula is C12H11BrF2N2O4. The van der Waals surface area contributed by atoms with E-state index in [-0.39, 0.29) is 23.1 Å². The van der Waals surface area contributed by atoms with Gasteiger partial charge in [-0.1, -0.05) is 0 Å². The standard InChI is InChI=1S/C12H11BrF2N2O4/c13-7-1-5(14)2-8(15)10(7)16-12(21)17-4-6(18)3-9(17)11(19)20/h1-2,6,9,18H,3-4H2,(H,16,21)(H,19,20)/t6?,9-/m0/s1. The first kappa shape index (κ1) is 15.6. The largest absolute Gasteiger partial charge is 0.480 e. The van der Waals surface area contributed by atoms with Gasteiger partial charge in [-0.05, 0) is 22.0 Å². The Morgan fingerprint density at radius 2 is 2.05 bits per heavy atom. The molecule has 1 aliphatic heterocycles.